The Kier molecular flexibility index (Phi) is 2.78. The molecule has 1 aromatic heterocycles. The molecule has 0 aliphatic carbocycles. The van der Waals surface area contributed by atoms with Crippen molar-refractivity contribution in [1.29, 1.82) is 0 Å². The maximum absolute atomic E-state index is 10.4. The van der Waals surface area contributed by atoms with Crippen LogP contribution < -0.4 is 11.5 Å². The van der Waals surface area contributed by atoms with Crippen LogP contribution in [0, 0.1) is 0 Å². The molecule has 5 N–H and O–H groups in total. The van der Waals surface area contributed by atoms with Gasteiger partial charge < -0.3 is 26.0 Å². The summed E-state index contributed by atoms with van der Waals surface area (Å²) in [6.07, 6.45) is 4.09. The monoisotopic (exact) mass is 260 g/mol. The minimum Gasteiger partial charge on any atom is -0.494 e. The molecule has 0 unspecified atom stereocenters. The van der Waals surface area contributed by atoms with Crippen molar-refractivity contribution < 1.29 is 5.11 Å². The van der Waals surface area contributed by atoms with Crippen LogP contribution in [0.4, 0.5) is 11.4 Å². The molecule has 19 heavy (non-hydrogen) atoms. The number of hydrogen-bond donors (Lipinski definition) is 3. The summed E-state index contributed by atoms with van der Waals surface area (Å²) in [4.78, 5) is 2.31. The molecule has 0 amide bonds. The van der Waals surface area contributed by atoms with Crippen molar-refractivity contribution in [2.75, 3.05) is 31.6 Å². The third kappa shape index (κ3) is 2.00. The van der Waals surface area contributed by atoms with Gasteiger partial charge in [-0.2, -0.15) is 0 Å². The molecule has 0 atom stereocenters. The molecule has 1 aliphatic heterocycles. The molecule has 3 rings (SSSR count). The zero-order valence-electron chi connectivity index (χ0n) is 11.1. The van der Waals surface area contributed by atoms with E-state index in [-0.39, 0.29) is 0 Å². The van der Waals surface area contributed by atoms with E-state index in [1.807, 2.05) is 16.8 Å². The Bertz CT molecular complexity index is 611. The molecule has 0 spiro atoms. The molecule has 2 aromatic rings. The van der Waals surface area contributed by atoms with Gasteiger partial charge in [0.2, 0.25) is 0 Å². The van der Waals surface area contributed by atoms with E-state index in [0.29, 0.717) is 23.3 Å². The number of aromatic hydroxyl groups is 1. The van der Waals surface area contributed by atoms with Crippen LogP contribution in [0.3, 0.4) is 0 Å². The van der Waals surface area contributed by atoms with Crippen LogP contribution in [-0.4, -0.2) is 34.7 Å². The first kappa shape index (κ1) is 12.2. The largest absolute Gasteiger partial charge is 0.494 e. The van der Waals surface area contributed by atoms with Crippen LogP contribution in [0.15, 0.2) is 18.3 Å². The van der Waals surface area contributed by atoms with Crippen LogP contribution in [0.1, 0.15) is 18.9 Å². The Balaban J connectivity index is 2.02. The number of rotatable bonds is 1. The third-order valence-corrected chi connectivity index (χ3v) is 4.10. The van der Waals surface area contributed by atoms with E-state index in [0.717, 1.165) is 36.7 Å². The predicted octanol–water partition coefficient (Wildman–Crippen LogP) is 1.78. The standard InChI is InChI=1S/C14H20N4O/c1-17-4-2-10(3-5-17)18-8-9-6-12(15)13(16)7-11(9)14(18)19/h6-8,10,19H,2-5,15-16H2,1H3. The Hall–Kier alpha value is -1.88. The van der Waals surface area contributed by atoms with Crippen LogP contribution in [0.25, 0.3) is 10.8 Å². The normalized spacial score (nSPS) is 18.2. The molecule has 0 saturated carbocycles. The summed E-state index contributed by atoms with van der Waals surface area (Å²) in [6, 6.07) is 3.94. The maximum Gasteiger partial charge on any atom is 0.199 e. The fourth-order valence-corrected chi connectivity index (χ4v) is 2.85. The van der Waals surface area contributed by atoms with E-state index in [2.05, 4.69) is 11.9 Å². The number of piperidine rings is 1. The number of nitrogens with zero attached hydrogens (tertiary/aromatic N) is 2. The molecule has 5 nitrogen and oxygen atoms in total. The van der Waals surface area contributed by atoms with Gasteiger partial charge in [-0.1, -0.05) is 0 Å². The number of hydrogen-bond acceptors (Lipinski definition) is 4. The highest BCUT2D eigenvalue weighted by Crippen LogP contribution is 2.36. The van der Waals surface area contributed by atoms with E-state index in [1.54, 1.807) is 6.07 Å². The molecule has 1 aromatic carbocycles. The molecule has 0 radical (unpaired) electrons. The van der Waals surface area contributed by atoms with Gasteiger partial charge in [-0.15, -0.1) is 0 Å². The molecule has 5 heteroatoms. The second kappa shape index (κ2) is 4.35. The van der Waals surface area contributed by atoms with Crippen molar-refractivity contribution in [3.63, 3.8) is 0 Å². The van der Waals surface area contributed by atoms with Crippen molar-refractivity contribution in [2.24, 2.45) is 0 Å². The van der Waals surface area contributed by atoms with Crippen LogP contribution in [0.5, 0.6) is 5.88 Å². The predicted molar refractivity (Wildman–Crippen MR) is 78.2 cm³/mol. The number of nitrogens with two attached hydrogens (primary N) is 2. The minimum absolute atomic E-state index is 0.302. The Labute approximate surface area is 112 Å². The summed E-state index contributed by atoms with van der Waals surface area (Å²) in [5, 5.41) is 12.1. The Morgan fingerprint density at radius 1 is 1.16 bits per heavy atom. The van der Waals surface area contributed by atoms with Gasteiger partial charge in [0.15, 0.2) is 5.88 Å². The Morgan fingerprint density at radius 3 is 2.47 bits per heavy atom. The average Bonchev–Trinajstić information content (AvgIpc) is 2.69. The van der Waals surface area contributed by atoms with Gasteiger partial charge in [0.1, 0.15) is 0 Å². The lowest BCUT2D eigenvalue weighted by Crippen LogP contribution is -2.31. The number of nitrogen functional groups attached to an aromatic ring is 2. The van der Waals surface area contributed by atoms with Crippen molar-refractivity contribution in [3.8, 4) is 5.88 Å². The van der Waals surface area contributed by atoms with Gasteiger partial charge in [-0.25, -0.2) is 0 Å². The molecule has 1 aliphatic rings. The first-order valence-corrected chi connectivity index (χ1v) is 6.63. The second-order valence-electron chi connectivity index (χ2n) is 5.46. The Morgan fingerprint density at radius 2 is 1.79 bits per heavy atom. The quantitative estimate of drug-likeness (QED) is 0.683. The van der Waals surface area contributed by atoms with Gasteiger partial charge in [0, 0.05) is 23.0 Å². The lowest BCUT2D eigenvalue weighted by molar-refractivity contribution is 0.213. The van der Waals surface area contributed by atoms with Gasteiger partial charge in [0.25, 0.3) is 0 Å². The lowest BCUT2D eigenvalue weighted by Gasteiger charge is -2.30. The molecule has 1 saturated heterocycles. The SMILES string of the molecule is CN1CCC(n2cc3cc(N)c(N)cc3c2O)CC1. The summed E-state index contributed by atoms with van der Waals surface area (Å²) >= 11 is 0. The number of fused-ring (bicyclic) bond motifs is 1. The van der Waals surface area contributed by atoms with E-state index in [4.69, 9.17) is 11.5 Å². The number of likely N-dealkylation sites (tertiary alicyclic amines) is 1. The summed E-state index contributed by atoms with van der Waals surface area (Å²) in [5.41, 5.74) is 12.7. The highest BCUT2D eigenvalue weighted by atomic mass is 16.3. The van der Waals surface area contributed by atoms with Crippen molar-refractivity contribution >= 4 is 22.1 Å². The molecule has 2 heterocycles. The van der Waals surface area contributed by atoms with E-state index in [9.17, 15) is 5.11 Å². The summed E-state index contributed by atoms with van der Waals surface area (Å²) in [6.45, 7) is 2.12. The third-order valence-electron chi connectivity index (χ3n) is 4.10. The molecular formula is C14H20N4O. The number of benzene rings is 1. The number of aromatic nitrogens is 1. The zero-order valence-corrected chi connectivity index (χ0v) is 11.1. The number of anilines is 2. The zero-order chi connectivity index (χ0) is 13.6. The van der Waals surface area contributed by atoms with Crippen LogP contribution in [0.2, 0.25) is 0 Å². The van der Waals surface area contributed by atoms with Crippen LogP contribution in [-0.2, 0) is 0 Å². The first-order valence-electron chi connectivity index (χ1n) is 6.63. The van der Waals surface area contributed by atoms with E-state index >= 15 is 0 Å². The summed E-state index contributed by atoms with van der Waals surface area (Å²) in [5.74, 6) is 0.302. The van der Waals surface area contributed by atoms with Gasteiger partial charge >= 0.3 is 0 Å². The van der Waals surface area contributed by atoms with E-state index < -0.39 is 0 Å². The maximum atomic E-state index is 10.4. The van der Waals surface area contributed by atoms with Crippen molar-refractivity contribution in [1.82, 2.24) is 9.47 Å². The van der Waals surface area contributed by atoms with Crippen molar-refractivity contribution in [3.05, 3.63) is 18.3 Å². The first-order chi connectivity index (χ1) is 9.06. The van der Waals surface area contributed by atoms with Gasteiger partial charge in [0.05, 0.1) is 11.4 Å². The minimum atomic E-state index is 0.302. The lowest BCUT2D eigenvalue weighted by atomic mass is 10.1. The summed E-state index contributed by atoms with van der Waals surface area (Å²) < 4.78 is 1.97. The molecule has 0 bridgehead atoms. The van der Waals surface area contributed by atoms with Gasteiger partial charge in [-0.3, -0.25) is 0 Å². The van der Waals surface area contributed by atoms with E-state index in [1.165, 1.54) is 0 Å². The smallest absolute Gasteiger partial charge is 0.199 e. The molecular weight excluding hydrogens is 240 g/mol. The van der Waals surface area contributed by atoms with Gasteiger partial charge in [-0.05, 0) is 45.1 Å². The fourth-order valence-electron chi connectivity index (χ4n) is 2.85. The summed E-state index contributed by atoms with van der Waals surface area (Å²) in [7, 11) is 2.13. The van der Waals surface area contributed by atoms with Crippen molar-refractivity contribution in [2.45, 2.75) is 18.9 Å². The second-order valence-corrected chi connectivity index (χ2v) is 5.46. The molecule has 1 fully saturated rings. The van der Waals surface area contributed by atoms with Crippen LogP contribution >= 0.6 is 0 Å². The highest BCUT2D eigenvalue weighted by Gasteiger charge is 2.21. The molecule has 102 valence electrons. The average molecular weight is 260 g/mol. The highest BCUT2D eigenvalue weighted by molar-refractivity contribution is 5.94. The fraction of sp³-hybridized carbons (Fsp3) is 0.429. The topological polar surface area (TPSA) is 80.4 Å².